The van der Waals surface area contributed by atoms with Crippen LogP contribution in [0.4, 0.5) is 0 Å². The van der Waals surface area contributed by atoms with Crippen LogP contribution < -0.4 is 10.6 Å². The maximum absolute atomic E-state index is 12.6. The summed E-state index contributed by atoms with van der Waals surface area (Å²) < 4.78 is 0. The van der Waals surface area contributed by atoms with Gasteiger partial charge in [-0.2, -0.15) is 0 Å². The molecule has 0 unspecified atom stereocenters. The molecule has 0 radical (unpaired) electrons. The van der Waals surface area contributed by atoms with Crippen molar-refractivity contribution in [3.05, 3.63) is 84.4 Å². The van der Waals surface area contributed by atoms with Crippen LogP contribution >= 0.6 is 0 Å². The Morgan fingerprint density at radius 2 is 1.57 bits per heavy atom. The average Bonchev–Trinajstić information content (AvgIpc) is 2.77. The van der Waals surface area contributed by atoms with Gasteiger partial charge in [-0.3, -0.25) is 9.59 Å². The minimum Gasteiger partial charge on any atom is -0.480 e. The number of hydrogen-bond donors (Lipinski definition) is 4. The van der Waals surface area contributed by atoms with Gasteiger partial charge in [-0.05, 0) is 37.0 Å². The zero-order valence-electron chi connectivity index (χ0n) is 16.5. The van der Waals surface area contributed by atoms with Crippen LogP contribution in [0.5, 0.6) is 0 Å². The second-order valence-corrected chi connectivity index (χ2v) is 6.79. The zero-order chi connectivity index (χ0) is 21.9. The Morgan fingerprint density at radius 1 is 0.967 bits per heavy atom. The molecule has 3 atom stereocenters. The van der Waals surface area contributed by atoms with Gasteiger partial charge in [-0.1, -0.05) is 54.6 Å². The number of amides is 2. The molecule has 0 saturated heterocycles. The molecule has 0 heterocycles. The minimum absolute atomic E-state index is 0.201. The number of carboxylic acid groups (broad SMARTS) is 1. The molecule has 2 amide bonds. The summed E-state index contributed by atoms with van der Waals surface area (Å²) in [6, 6.07) is 14.8. The van der Waals surface area contributed by atoms with Crippen LogP contribution in [0.3, 0.4) is 0 Å². The largest absolute Gasteiger partial charge is 0.480 e. The molecule has 0 spiro atoms. The van der Waals surface area contributed by atoms with Crippen molar-refractivity contribution in [1.29, 1.82) is 0 Å². The summed E-state index contributed by atoms with van der Waals surface area (Å²) in [6.45, 7) is 3.59. The molecule has 0 fully saturated rings. The lowest BCUT2D eigenvalue weighted by Crippen LogP contribution is -2.50. The predicted octanol–water partition coefficient (Wildman–Crippen LogP) is 2.44. The van der Waals surface area contributed by atoms with E-state index in [2.05, 4.69) is 17.2 Å². The number of aliphatic hydroxyl groups excluding tert-OH is 1. The molecular formula is C23H26N2O5. The summed E-state index contributed by atoms with van der Waals surface area (Å²) in [5, 5.41) is 25.1. The molecule has 2 aromatic carbocycles. The van der Waals surface area contributed by atoms with Crippen LogP contribution in [0.2, 0.25) is 0 Å². The topological polar surface area (TPSA) is 116 Å². The molecule has 2 aromatic rings. The maximum Gasteiger partial charge on any atom is 0.326 e. The third-order valence-electron chi connectivity index (χ3n) is 4.58. The van der Waals surface area contributed by atoms with Gasteiger partial charge in [-0.15, -0.1) is 6.58 Å². The lowest BCUT2D eigenvalue weighted by Gasteiger charge is -2.25. The molecule has 2 rings (SSSR count). The Bertz CT molecular complexity index is 854. The van der Waals surface area contributed by atoms with Crippen molar-refractivity contribution < 1.29 is 24.6 Å². The van der Waals surface area contributed by atoms with Gasteiger partial charge in [-0.25, -0.2) is 4.79 Å². The van der Waals surface area contributed by atoms with Crippen molar-refractivity contribution in [2.75, 3.05) is 0 Å². The predicted molar refractivity (Wildman–Crippen MR) is 113 cm³/mol. The van der Waals surface area contributed by atoms with Crippen molar-refractivity contribution in [2.24, 2.45) is 0 Å². The number of carboxylic acids is 1. The van der Waals surface area contributed by atoms with Crippen LogP contribution in [0.15, 0.2) is 73.3 Å². The fourth-order valence-corrected chi connectivity index (χ4v) is 2.95. The molecule has 0 aliphatic carbocycles. The first-order valence-electron chi connectivity index (χ1n) is 9.67. The molecule has 0 aromatic heterocycles. The molecule has 4 N–H and O–H groups in total. The van der Waals surface area contributed by atoms with E-state index >= 15 is 0 Å². The Morgan fingerprint density at radius 3 is 2.13 bits per heavy atom. The fourth-order valence-electron chi connectivity index (χ4n) is 2.95. The first-order valence-corrected chi connectivity index (χ1v) is 9.67. The maximum atomic E-state index is 12.6. The molecule has 0 aliphatic heterocycles. The monoisotopic (exact) mass is 410 g/mol. The summed E-state index contributed by atoms with van der Waals surface area (Å²) >= 11 is 0. The molecular weight excluding hydrogens is 384 g/mol. The summed E-state index contributed by atoms with van der Waals surface area (Å²) in [5.41, 5.74) is 0.891. The molecule has 0 bridgehead atoms. The number of carbonyl (C=O) groups excluding carboxylic acids is 2. The Hall–Kier alpha value is -3.45. The van der Waals surface area contributed by atoms with Gasteiger partial charge in [0.1, 0.15) is 6.04 Å². The molecule has 0 saturated carbocycles. The van der Waals surface area contributed by atoms with Crippen LogP contribution in [0, 0.1) is 0 Å². The number of allylic oxidation sites excluding steroid dienone is 1. The Labute approximate surface area is 175 Å². The van der Waals surface area contributed by atoms with Gasteiger partial charge in [0.15, 0.2) is 6.10 Å². The molecule has 7 heteroatoms. The smallest absolute Gasteiger partial charge is 0.326 e. The van der Waals surface area contributed by atoms with E-state index in [-0.39, 0.29) is 6.42 Å². The number of rotatable bonds is 11. The summed E-state index contributed by atoms with van der Waals surface area (Å²) in [4.78, 5) is 36.7. The molecule has 0 aliphatic rings. The number of unbranched alkanes of at least 4 members (excludes halogenated alkanes) is 1. The van der Waals surface area contributed by atoms with Gasteiger partial charge < -0.3 is 20.8 Å². The van der Waals surface area contributed by atoms with Crippen LogP contribution in [0.1, 0.15) is 41.2 Å². The highest BCUT2D eigenvalue weighted by atomic mass is 16.4. The Kier molecular flexibility index (Phi) is 8.77. The molecule has 30 heavy (non-hydrogen) atoms. The number of carbonyl (C=O) groups is 3. The SMILES string of the molecule is C=CCCC[C@@H](NC(=O)[C@H](O)[C@@H](NC(=O)c1ccccc1)c1ccccc1)C(=O)O. The van der Waals surface area contributed by atoms with E-state index in [1.807, 2.05) is 0 Å². The Balaban J connectivity index is 2.18. The number of benzene rings is 2. The first-order chi connectivity index (χ1) is 14.4. The summed E-state index contributed by atoms with van der Waals surface area (Å²) in [6.07, 6.45) is 1.33. The summed E-state index contributed by atoms with van der Waals surface area (Å²) in [5.74, 6) is -2.52. The van der Waals surface area contributed by atoms with E-state index in [9.17, 15) is 24.6 Å². The van der Waals surface area contributed by atoms with E-state index in [1.165, 1.54) is 0 Å². The van der Waals surface area contributed by atoms with E-state index < -0.39 is 36.0 Å². The van der Waals surface area contributed by atoms with Crippen LogP contribution in [-0.2, 0) is 9.59 Å². The second-order valence-electron chi connectivity index (χ2n) is 6.79. The highest BCUT2D eigenvalue weighted by molar-refractivity contribution is 5.95. The highest BCUT2D eigenvalue weighted by Gasteiger charge is 2.31. The van der Waals surface area contributed by atoms with Gasteiger partial charge in [0, 0.05) is 5.56 Å². The third kappa shape index (κ3) is 6.56. The first kappa shape index (κ1) is 22.8. The van der Waals surface area contributed by atoms with Crippen molar-refractivity contribution in [3.63, 3.8) is 0 Å². The number of hydrogen-bond acceptors (Lipinski definition) is 4. The van der Waals surface area contributed by atoms with Crippen molar-refractivity contribution in [2.45, 2.75) is 37.5 Å². The lowest BCUT2D eigenvalue weighted by atomic mass is 9.99. The zero-order valence-corrected chi connectivity index (χ0v) is 16.5. The van der Waals surface area contributed by atoms with E-state index in [1.54, 1.807) is 66.7 Å². The standard InChI is InChI=1S/C23H26N2O5/c1-2-3-6-15-18(23(29)30)24-22(28)20(26)19(16-11-7-4-8-12-16)25-21(27)17-13-9-5-10-14-17/h2,4-5,7-14,18-20,26H,1,3,6,15H2,(H,24,28)(H,25,27)(H,29,30)/t18-,19+,20-/m1/s1. The lowest BCUT2D eigenvalue weighted by molar-refractivity contribution is -0.144. The van der Waals surface area contributed by atoms with E-state index in [0.717, 1.165) is 0 Å². The number of aliphatic carboxylic acids is 1. The average molecular weight is 410 g/mol. The minimum atomic E-state index is -1.68. The molecule has 158 valence electrons. The van der Waals surface area contributed by atoms with Gasteiger partial charge in [0.05, 0.1) is 6.04 Å². The van der Waals surface area contributed by atoms with Gasteiger partial charge in [0.25, 0.3) is 11.8 Å². The number of aliphatic hydroxyl groups is 1. The number of nitrogens with one attached hydrogen (secondary N) is 2. The van der Waals surface area contributed by atoms with E-state index in [0.29, 0.717) is 24.0 Å². The van der Waals surface area contributed by atoms with E-state index in [4.69, 9.17) is 0 Å². The van der Waals surface area contributed by atoms with Crippen molar-refractivity contribution in [1.82, 2.24) is 10.6 Å². The van der Waals surface area contributed by atoms with Crippen LogP contribution in [0.25, 0.3) is 0 Å². The fraction of sp³-hybridized carbons (Fsp3) is 0.261. The van der Waals surface area contributed by atoms with Gasteiger partial charge >= 0.3 is 5.97 Å². The quantitative estimate of drug-likeness (QED) is 0.335. The third-order valence-corrected chi connectivity index (χ3v) is 4.58. The molecule has 7 nitrogen and oxygen atoms in total. The van der Waals surface area contributed by atoms with Crippen molar-refractivity contribution in [3.8, 4) is 0 Å². The summed E-state index contributed by atoms with van der Waals surface area (Å²) in [7, 11) is 0. The second kappa shape index (κ2) is 11.5. The normalized spacial score (nSPS) is 13.5. The highest BCUT2D eigenvalue weighted by Crippen LogP contribution is 2.19. The van der Waals surface area contributed by atoms with Gasteiger partial charge in [0.2, 0.25) is 0 Å². The van der Waals surface area contributed by atoms with Crippen molar-refractivity contribution >= 4 is 17.8 Å². The van der Waals surface area contributed by atoms with Crippen LogP contribution in [-0.4, -0.2) is 40.1 Å².